The van der Waals surface area contributed by atoms with Gasteiger partial charge in [-0.25, -0.2) is 13.8 Å². The van der Waals surface area contributed by atoms with Crippen molar-refractivity contribution in [2.75, 3.05) is 11.9 Å². The second-order valence-corrected chi connectivity index (χ2v) is 7.36. The number of rotatable bonds is 7. The number of aromatic nitrogens is 4. The number of ether oxygens (including phenoxy) is 1. The molecule has 32 heavy (non-hydrogen) atoms. The summed E-state index contributed by atoms with van der Waals surface area (Å²) in [5, 5.41) is 16.0. The zero-order valence-corrected chi connectivity index (χ0v) is 17.6. The van der Waals surface area contributed by atoms with E-state index in [0.717, 1.165) is 12.1 Å². The fourth-order valence-electron chi connectivity index (χ4n) is 3.24. The number of pyridine rings is 1. The average molecular weight is 462 g/mol. The number of fused-ring (bicyclic) bond motifs is 1. The molecule has 166 valence electrons. The minimum atomic E-state index is -0.732. The Hall–Kier alpha value is -3.50. The number of amides is 1. The summed E-state index contributed by atoms with van der Waals surface area (Å²) in [5.74, 6) is -1.77. The van der Waals surface area contributed by atoms with E-state index in [0.29, 0.717) is 17.9 Å². The number of halogens is 3. The van der Waals surface area contributed by atoms with Gasteiger partial charge in [-0.2, -0.15) is 5.10 Å². The first kappa shape index (κ1) is 21.7. The van der Waals surface area contributed by atoms with E-state index < -0.39 is 17.5 Å². The Bertz CT molecular complexity index is 1280. The first-order valence-corrected chi connectivity index (χ1v) is 9.93. The molecule has 0 spiro atoms. The SMILES string of the molecule is Cc1nc2c(OCc3c(F)cccc3F)cc(Cl)cn2c1C(=O)Nc1cnn(CCO)c1. The van der Waals surface area contributed by atoms with Crippen LogP contribution in [0.4, 0.5) is 14.5 Å². The molecule has 8 nitrogen and oxygen atoms in total. The van der Waals surface area contributed by atoms with Gasteiger partial charge in [0.25, 0.3) is 5.91 Å². The second-order valence-electron chi connectivity index (χ2n) is 6.92. The molecular formula is C21H18ClF2N5O3. The van der Waals surface area contributed by atoms with E-state index in [1.807, 2.05) is 0 Å². The molecule has 0 fully saturated rings. The molecule has 4 aromatic rings. The van der Waals surface area contributed by atoms with Crippen LogP contribution in [-0.2, 0) is 13.2 Å². The highest BCUT2D eigenvalue weighted by atomic mass is 35.5. The van der Waals surface area contributed by atoms with Crippen LogP contribution in [0.5, 0.6) is 5.75 Å². The lowest BCUT2D eigenvalue weighted by Crippen LogP contribution is -2.15. The van der Waals surface area contributed by atoms with Crippen LogP contribution >= 0.6 is 11.6 Å². The average Bonchev–Trinajstić information content (AvgIpc) is 3.31. The Kier molecular flexibility index (Phi) is 6.06. The Morgan fingerprint density at radius 1 is 1.28 bits per heavy atom. The van der Waals surface area contributed by atoms with Crippen molar-refractivity contribution in [3.8, 4) is 5.75 Å². The highest BCUT2D eigenvalue weighted by Gasteiger charge is 2.21. The molecule has 11 heteroatoms. The number of carbonyl (C=O) groups is 1. The van der Waals surface area contributed by atoms with Crippen LogP contribution in [0.3, 0.4) is 0 Å². The number of carbonyl (C=O) groups excluding carboxylic acids is 1. The topological polar surface area (TPSA) is 93.7 Å². The molecule has 1 aromatic carbocycles. The fourth-order valence-corrected chi connectivity index (χ4v) is 3.44. The van der Waals surface area contributed by atoms with E-state index in [2.05, 4.69) is 15.4 Å². The van der Waals surface area contributed by atoms with E-state index in [9.17, 15) is 13.6 Å². The zero-order chi connectivity index (χ0) is 22.8. The molecule has 0 unspecified atom stereocenters. The van der Waals surface area contributed by atoms with E-state index in [1.54, 1.807) is 13.1 Å². The van der Waals surface area contributed by atoms with Crippen LogP contribution in [0.1, 0.15) is 21.7 Å². The van der Waals surface area contributed by atoms with Crippen molar-refractivity contribution in [3.63, 3.8) is 0 Å². The smallest absolute Gasteiger partial charge is 0.274 e. The number of benzene rings is 1. The Morgan fingerprint density at radius 2 is 2.03 bits per heavy atom. The van der Waals surface area contributed by atoms with Gasteiger partial charge >= 0.3 is 0 Å². The molecule has 0 radical (unpaired) electrons. The number of aliphatic hydroxyl groups excluding tert-OH is 1. The van der Waals surface area contributed by atoms with Crippen molar-refractivity contribution in [3.05, 3.63) is 76.5 Å². The normalized spacial score (nSPS) is 11.2. The lowest BCUT2D eigenvalue weighted by Gasteiger charge is -2.10. The summed E-state index contributed by atoms with van der Waals surface area (Å²) in [5.41, 5.74) is 1.08. The summed E-state index contributed by atoms with van der Waals surface area (Å²) < 4.78 is 36.4. The number of imidazole rings is 1. The standard InChI is InChI=1S/C21H18ClF2N5O3/c1-12-19(21(31)27-14-8-25-28(10-14)5-6-30)29-9-13(22)7-18(20(29)26-12)32-11-15-16(23)3-2-4-17(15)24/h2-4,7-10,30H,5-6,11H2,1H3,(H,27,31). The molecular weight excluding hydrogens is 444 g/mol. The van der Waals surface area contributed by atoms with Crippen molar-refractivity contribution in [2.24, 2.45) is 0 Å². The zero-order valence-electron chi connectivity index (χ0n) is 16.8. The van der Waals surface area contributed by atoms with Crippen molar-refractivity contribution >= 4 is 28.8 Å². The van der Waals surface area contributed by atoms with Crippen molar-refractivity contribution < 1.29 is 23.4 Å². The molecule has 4 rings (SSSR count). The van der Waals surface area contributed by atoms with Gasteiger partial charge < -0.3 is 15.2 Å². The lowest BCUT2D eigenvalue weighted by atomic mass is 10.2. The highest BCUT2D eigenvalue weighted by Crippen LogP contribution is 2.28. The third kappa shape index (κ3) is 4.27. The number of hydrogen-bond acceptors (Lipinski definition) is 5. The van der Waals surface area contributed by atoms with Gasteiger partial charge in [0.2, 0.25) is 0 Å². The molecule has 1 amide bonds. The van der Waals surface area contributed by atoms with Crippen LogP contribution in [0.25, 0.3) is 5.65 Å². The van der Waals surface area contributed by atoms with Crippen LogP contribution in [0, 0.1) is 18.6 Å². The predicted octanol–water partition coefficient (Wildman–Crippen LogP) is 3.59. The number of nitrogens with one attached hydrogen (secondary N) is 1. The second kappa shape index (κ2) is 8.93. The highest BCUT2D eigenvalue weighted by molar-refractivity contribution is 6.30. The van der Waals surface area contributed by atoms with E-state index >= 15 is 0 Å². The van der Waals surface area contributed by atoms with Gasteiger partial charge in [0.1, 0.15) is 23.9 Å². The van der Waals surface area contributed by atoms with Gasteiger partial charge in [-0.05, 0) is 19.1 Å². The first-order chi connectivity index (χ1) is 15.4. The number of nitrogens with zero attached hydrogens (tertiary/aromatic N) is 4. The van der Waals surface area contributed by atoms with Crippen molar-refractivity contribution in [2.45, 2.75) is 20.1 Å². The fraction of sp³-hybridized carbons (Fsp3) is 0.190. The molecule has 0 atom stereocenters. The summed E-state index contributed by atoms with van der Waals surface area (Å²) in [6.07, 6.45) is 4.53. The van der Waals surface area contributed by atoms with Gasteiger partial charge in [-0.15, -0.1) is 0 Å². The maximum Gasteiger partial charge on any atom is 0.274 e. The number of aryl methyl sites for hydroxylation is 1. The van der Waals surface area contributed by atoms with Crippen molar-refractivity contribution in [1.82, 2.24) is 19.2 Å². The van der Waals surface area contributed by atoms with Gasteiger partial charge in [0.15, 0.2) is 11.4 Å². The van der Waals surface area contributed by atoms with Crippen LogP contribution in [0.15, 0.2) is 42.9 Å². The largest absolute Gasteiger partial charge is 0.485 e. The summed E-state index contributed by atoms with van der Waals surface area (Å²) in [6.45, 7) is 1.47. The number of hydrogen-bond donors (Lipinski definition) is 2. The molecule has 3 aromatic heterocycles. The lowest BCUT2D eigenvalue weighted by molar-refractivity contribution is 0.102. The van der Waals surface area contributed by atoms with Gasteiger partial charge in [0.05, 0.1) is 41.3 Å². The van der Waals surface area contributed by atoms with Crippen LogP contribution in [0.2, 0.25) is 5.02 Å². The van der Waals surface area contributed by atoms with Crippen LogP contribution < -0.4 is 10.1 Å². The Balaban J connectivity index is 1.64. The van der Waals surface area contributed by atoms with E-state index in [-0.39, 0.29) is 40.9 Å². The minimum Gasteiger partial charge on any atom is -0.485 e. The molecule has 0 aliphatic rings. The monoisotopic (exact) mass is 461 g/mol. The molecule has 0 aliphatic carbocycles. The quantitative estimate of drug-likeness (QED) is 0.438. The molecule has 2 N–H and O–H groups in total. The molecule has 0 saturated carbocycles. The van der Waals surface area contributed by atoms with E-state index in [1.165, 1.54) is 33.6 Å². The maximum atomic E-state index is 13.9. The van der Waals surface area contributed by atoms with Gasteiger partial charge in [-0.1, -0.05) is 17.7 Å². The molecule has 0 bridgehead atoms. The van der Waals surface area contributed by atoms with Crippen molar-refractivity contribution in [1.29, 1.82) is 0 Å². The summed E-state index contributed by atoms with van der Waals surface area (Å²) in [4.78, 5) is 17.3. The maximum absolute atomic E-state index is 13.9. The van der Waals surface area contributed by atoms with E-state index in [4.69, 9.17) is 21.4 Å². The first-order valence-electron chi connectivity index (χ1n) is 9.56. The summed E-state index contributed by atoms with van der Waals surface area (Å²) in [6, 6.07) is 5.01. The minimum absolute atomic E-state index is 0.0838. The predicted molar refractivity (Wildman–Crippen MR) is 113 cm³/mol. The summed E-state index contributed by atoms with van der Waals surface area (Å²) in [7, 11) is 0. The Morgan fingerprint density at radius 3 is 2.75 bits per heavy atom. The number of aliphatic hydroxyl groups is 1. The summed E-state index contributed by atoms with van der Waals surface area (Å²) >= 11 is 6.21. The molecule has 0 saturated heterocycles. The third-order valence-electron chi connectivity index (χ3n) is 4.70. The van der Waals surface area contributed by atoms with Crippen LogP contribution in [-0.4, -0.2) is 36.8 Å². The third-order valence-corrected chi connectivity index (χ3v) is 4.90. The van der Waals surface area contributed by atoms with Gasteiger partial charge in [0, 0.05) is 18.5 Å². The Labute approximate surface area is 186 Å². The molecule has 0 aliphatic heterocycles. The van der Waals surface area contributed by atoms with Gasteiger partial charge in [-0.3, -0.25) is 13.9 Å². The number of anilines is 1. The molecule has 3 heterocycles.